The molecule has 0 saturated heterocycles. The number of rotatable bonds is 8. The van der Waals surface area contributed by atoms with Crippen molar-refractivity contribution in [1.82, 2.24) is 10.4 Å². The minimum Gasteiger partial charge on any atom is -0.462 e. The average molecular weight is 650 g/mol. The quantitative estimate of drug-likeness (QED) is 0.110. The first-order valence-corrected chi connectivity index (χ1v) is 18.4. The van der Waals surface area contributed by atoms with Crippen molar-refractivity contribution in [1.29, 1.82) is 0 Å². The first kappa shape index (κ1) is 32.8. The third-order valence-corrected chi connectivity index (χ3v) is 13.3. The van der Waals surface area contributed by atoms with Gasteiger partial charge in [-0.25, -0.2) is 5.43 Å². The van der Waals surface area contributed by atoms with Gasteiger partial charge in [-0.15, -0.1) is 0 Å². The zero-order chi connectivity index (χ0) is 33.6. The molecular weight excluding hydrogens is 598 g/mol. The van der Waals surface area contributed by atoms with Crippen LogP contribution in [0.1, 0.15) is 115 Å². The van der Waals surface area contributed by atoms with Crippen LogP contribution < -0.4 is 10.9 Å². The van der Waals surface area contributed by atoms with E-state index < -0.39 is 0 Å². The molecule has 3 aromatic rings. The van der Waals surface area contributed by atoms with E-state index in [1.807, 2.05) is 18.2 Å². The Morgan fingerprint density at radius 2 is 1.77 bits per heavy atom. The molecule has 7 rings (SSSR count). The molecule has 3 fully saturated rings. The smallest absolute Gasteiger partial charge is 0.306 e. The van der Waals surface area contributed by atoms with Gasteiger partial charge in [0.25, 0.3) is 5.91 Å². The molecule has 2 aromatic carbocycles. The highest BCUT2D eigenvalue weighted by Gasteiger charge is 2.61. The summed E-state index contributed by atoms with van der Waals surface area (Å²) in [5.74, 6) is 1.99. The number of nitrogens with zero attached hydrogens (tertiary/aromatic N) is 1. The maximum atomic E-state index is 13.5. The van der Waals surface area contributed by atoms with E-state index in [1.165, 1.54) is 24.8 Å². The number of hydrazone groups is 1. The highest BCUT2D eigenvalue weighted by Crippen LogP contribution is 2.66. The molecule has 4 aliphatic carbocycles. The van der Waals surface area contributed by atoms with E-state index in [2.05, 4.69) is 49.3 Å². The number of pyridine rings is 1. The van der Waals surface area contributed by atoms with Crippen LogP contribution in [0.15, 0.2) is 64.0 Å². The van der Waals surface area contributed by atoms with Crippen LogP contribution in [-0.2, 0) is 9.53 Å². The second kappa shape index (κ2) is 12.9. The van der Waals surface area contributed by atoms with Crippen molar-refractivity contribution in [2.45, 2.75) is 111 Å². The monoisotopic (exact) mass is 649 g/mol. The number of esters is 1. The summed E-state index contributed by atoms with van der Waals surface area (Å²) in [5, 5.41) is 5.76. The molecule has 7 atom stereocenters. The van der Waals surface area contributed by atoms with Crippen LogP contribution in [0.3, 0.4) is 0 Å². The van der Waals surface area contributed by atoms with Gasteiger partial charge in [0, 0.05) is 28.1 Å². The second-order valence-electron chi connectivity index (χ2n) is 15.6. The fraction of sp³-hybridized carbons (Fsp3) is 0.561. The molecule has 0 bridgehead atoms. The number of para-hydroxylation sites is 2. The summed E-state index contributed by atoms with van der Waals surface area (Å²) in [6.07, 6.45) is 14.8. The highest BCUT2D eigenvalue weighted by molar-refractivity contribution is 6.08. The predicted molar refractivity (Wildman–Crippen MR) is 192 cm³/mol. The number of H-pyrrole nitrogens is 1. The number of aromatic amines is 1. The fourth-order valence-corrected chi connectivity index (χ4v) is 10.5. The number of benzene rings is 2. The van der Waals surface area contributed by atoms with Crippen molar-refractivity contribution in [2.24, 2.45) is 39.6 Å². The van der Waals surface area contributed by atoms with Crippen LogP contribution in [0.4, 0.5) is 0 Å². The topological polar surface area (TPSA) is 101 Å². The van der Waals surface area contributed by atoms with Crippen LogP contribution in [0.5, 0.6) is 0 Å². The lowest BCUT2D eigenvalue weighted by atomic mass is 9.45. The molecule has 0 spiro atoms. The van der Waals surface area contributed by atoms with E-state index in [0.29, 0.717) is 57.5 Å². The molecule has 0 radical (unpaired) electrons. The van der Waals surface area contributed by atoms with Gasteiger partial charge in [-0.3, -0.25) is 14.4 Å². The molecule has 7 nitrogen and oxygen atoms in total. The van der Waals surface area contributed by atoms with Crippen molar-refractivity contribution in [3.8, 4) is 0 Å². The number of allylic oxidation sites excluding steroid dienone is 2. The summed E-state index contributed by atoms with van der Waals surface area (Å²) in [6, 6.07) is 12.6. The van der Waals surface area contributed by atoms with E-state index in [9.17, 15) is 14.4 Å². The SMILES string of the molecule is CCCCCCC(=O)O[C@H]1CC[C@H]2[C@@H]3CCC4CC(=NNC(=O)c5cccc6c(=O)c7ccccc7[nH]c56)C=C(C)[C@]4(C)[C@H]3CC[C@]12C. The normalized spacial score (nSPS) is 32.0. The summed E-state index contributed by atoms with van der Waals surface area (Å²) in [4.78, 5) is 42.7. The van der Waals surface area contributed by atoms with Crippen molar-refractivity contribution in [2.75, 3.05) is 0 Å². The number of amides is 1. The molecule has 254 valence electrons. The second-order valence-corrected chi connectivity index (χ2v) is 15.6. The molecule has 1 unspecified atom stereocenters. The van der Waals surface area contributed by atoms with Crippen LogP contribution in [0.2, 0.25) is 0 Å². The molecule has 1 heterocycles. The lowest BCUT2D eigenvalue weighted by Crippen LogP contribution is -2.54. The lowest BCUT2D eigenvalue weighted by molar-refractivity contribution is -0.161. The van der Waals surface area contributed by atoms with Gasteiger partial charge in [0.15, 0.2) is 5.43 Å². The van der Waals surface area contributed by atoms with Crippen molar-refractivity contribution < 1.29 is 14.3 Å². The maximum absolute atomic E-state index is 13.5. The van der Waals surface area contributed by atoms with E-state index in [1.54, 1.807) is 24.3 Å². The van der Waals surface area contributed by atoms with Crippen LogP contribution in [0.25, 0.3) is 21.8 Å². The number of fused-ring (bicyclic) bond motifs is 7. The predicted octanol–water partition coefficient (Wildman–Crippen LogP) is 8.86. The number of hydrogen-bond acceptors (Lipinski definition) is 5. The van der Waals surface area contributed by atoms with Crippen LogP contribution >= 0.6 is 0 Å². The largest absolute Gasteiger partial charge is 0.462 e. The number of carbonyl (C=O) groups excluding carboxylic acids is 2. The molecule has 1 aromatic heterocycles. The Hall–Kier alpha value is -3.74. The Kier molecular flexibility index (Phi) is 8.84. The third-order valence-electron chi connectivity index (χ3n) is 13.3. The minimum absolute atomic E-state index is 0.00275. The van der Waals surface area contributed by atoms with Gasteiger partial charge < -0.3 is 9.72 Å². The Balaban J connectivity index is 1.06. The summed E-state index contributed by atoms with van der Waals surface area (Å²) >= 11 is 0. The van der Waals surface area contributed by atoms with Crippen LogP contribution in [0, 0.1) is 34.5 Å². The number of aromatic nitrogens is 1. The Morgan fingerprint density at radius 3 is 2.60 bits per heavy atom. The van der Waals surface area contributed by atoms with E-state index >= 15 is 0 Å². The molecule has 48 heavy (non-hydrogen) atoms. The molecule has 4 aliphatic rings. The number of ether oxygens (including phenoxy) is 1. The summed E-state index contributed by atoms with van der Waals surface area (Å²) in [7, 11) is 0. The standard InChI is InChI=1S/C41H51N3O4/c1-5-6-7-8-16-36(45)48-35-20-19-32-28-18-17-26-24-27(23-25(2)41(26,4)33(28)21-22-40(32,35)3)43-44-39(47)31-14-11-13-30-37(31)42-34-15-10-9-12-29(34)38(30)46/h9-15,23,26,28,32-33,35H,5-8,16-22,24H2,1-4H3,(H,42,46)(H,44,47)/t26?,28-,32-,33-,35-,40-,41-/m0/s1. The molecule has 3 saturated carbocycles. The van der Waals surface area contributed by atoms with E-state index in [-0.39, 0.29) is 34.2 Å². The van der Waals surface area contributed by atoms with Gasteiger partial charge in [0.05, 0.1) is 16.8 Å². The highest BCUT2D eigenvalue weighted by atomic mass is 16.5. The number of unbranched alkanes of at least 4 members (excludes halogenated alkanes) is 3. The van der Waals surface area contributed by atoms with Crippen molar-refractivity contribution in [3.05, 3.63) is 69.9 Å². The third kappa shape index (κ3) is 5.51. The van der Waals surface area contributed by atoms with Gasteiger partial charge in [-0.2, -0.15) is 5.10 Å². The van der Waals surface area contributed by atoms with Crippen molar-refractivity contribution >= 4 is 39.4 Å². The number of hydrogen-bond donors (Lipinski definition) is 2. The Morgan fingerprint density at radius 1 is 0.958 bits per heavy atom. The van der Waals surface area contributed by atoms with Gasteiger partial charge in [0.1, 0.15) is 6.10 Å². The lowest BCUT2D eigenvalue weighted by Gasteiger charge is -2.60. The van der Waals surface area contributed by atoms with Crippen LogP contribution in [-0.4, -0.2) is 28.7 Å². The first-order chi connectivity index (χ1) is 23.1. The Labute approximate surface area is 284 Å². The van der Waals surface area contributed by atoms with E-state index in [0.717, 1.165) is 57.1 Å². The van der Waals surface area contributed by atoms with Gasteiger partial charge >= 0.3 is 5.97 Å². The summed E-state index contributed by atoms with van der Waals surface area (Å²) < 4.78 is 6.22. The van der Waals surface area contributed by atoms with Gasteiger partial charge in [-0.05, 0) is 118 Å². The molecule has 1 amide bonds. The molecule has 0 aliphatic heterocycles. The summed E-state index contributed by atoms with van der Waals surface area (Å²) in [5.41, 5.74) is 6.82. The molecular formula is C41H51N3O4. The molecule has 7 heteroatoms. The zero-order valence-electron chi connectivity index (χ0n) is 29.1. The maximum Gasteiger partial charge on any atom is 0.306 e. The number of nitrogens with one attached hydrogen (secondary N) is 2. The van der Waals surface area contributed by atoms with E-state index in [4.69, 9.17) is 4.74 Å². The minimum atomic E-state index is -0.328. The average Bonchev–Trinajstić information content (AvgIpc) is 3.41. The molecule has 2 N–H and O–H groups in total. The Bertz CT molecular complexity index is 1860. The first-order valence-electron chi connectivity index (χ1n) is 18.4. The zero-order valence-corrected chi connectivity index (χ0v) is 29.1. The number of carbonyl (C=O) groups is 2. The fourth-order valence-electron chi connectivity index (χ4n) is 10.5. The summed E-state index contributed by atoms with van der Waals surface area (Å²) in [6.45, 7) is 9.35. The van der Waals surface area contributed by atoms with Gasteiger partial charge in [0.2, 0.25) is 0 Å². The van der Waals surface area contributed by atoms with Gasteiger partial charge in [-0.1, -0.05) is 63.8 Å². The van der Waals surface area contributed by atoms with Crippen molar-refractivity contribution in [3.63, 3.8) is 0 Å².